The molecular formula is C18H16N4O. The summed E-state index contributed by atoms with van der Waals surface area (Å²) >= 11 is 0. The predicted octanol–water partition coefficient (Wildman–Crippen LogP) is 3.09. The van der Waals surface area contributed by atoms with Gasteiger partial charge in [0.25, 0.3) is 0 Å². The Balaban J connectivity index is 1.80. The van der Waals surface area contributed by atoms with E-state index in [1.165, 1.54) is 5.56 Å². The quantitative estimate of drug-likeness (QED) is 0.867. The largest absolute Gasteiger partial charge is 0.507 e. The Morgan fingerprint density at radius 1 is 1.30 bits per heavy atom. The van der Waals surface area contributed by atoms with E-state index < -0.39 is 0 Å². The fourth-order valence-electron chi connectivity index (χ4n) is 2.84. The Kier molecular flexibility index (Phi) is 3.19. The molecule has 0 radical (unpaired) electrons. The summed E-state index contributed by atoms with van der Waals surface area (Å²) in [6.07, 6.45) is 4.99. The van der Waals surface area contributed by atoms with Gasteiger partial charge in [0.15, 0.2) is 0 Å². The van der Waals surface area contributed by atoms with Crippen LogP contribution in [0.25, 0.3) is 5.76 Å². The number of amidine groups is 2. The second kappa shape index (κ2) is 5.35. The smallest absolute Gasteiger partial charge is 0.138 e. The molecular weight excluding hydrogens is 288 g/mol. The fraction of sp³-hybridized carbons (Fsp3) is 0.167. The van der Waals surface area contributed by atoms with Crippen molar-refractivity contribution in [3.05, 3.63) is 65.5 Å². The number of nitrogens with zero attached hydrogens (tertiary/aromatic N) is 4. The van der Waals surface area contributed by atoms with Crippen LogP contribution in [-0.4, -0.2) is 39.8 Å². The van der Waals surface area contributed by atoms with Crippen molar-refractivity contribution >= 4 is 23.1 Å². The highest BCUT2D eigenvalue weighted by molar-refractivity contribution is 6.19. The van der Waals surface area contributed by atoms with Gasteiger partial charge in [-0.1, -0.05) is 11.6 Å². The van der Waals surface area contributed by atoms with Crippen molar-refractivity contribution in [3.8, 4) is 0 Å². The summed E-state index contributed by atoms with van der Waals surface area (Å²) < 4.78 is 0. The lowest BCUT2D eigenvalue weighted by Crippen LogP contribution is -2.36. The van der Waals surface area contributed by atoms with Crippen LogP contribution in [0.3, 0.4) is 0 Å². The van der Waals surface area contributed by atoms with Crippen molar-refractivity contribution in [2.24, 2.45) is 9.98 Å². The third kappa shape index (κ3) is 2.40. The summed E-state index contributed by atoms with van der Waals surface area (Å²) in [6, 6.07) is 9.76. The van der Waals surface area contributed by atoms with Gasteiger partial charge in [0, 0.05) is 36.1 Å². The first-order valence-corrected chi connectivity index (χ1v) is 7.55. The molecule has 0 amide bonds. The van der Waals surface area contributed by atoms with Crippen LogP contribution in [0.1, 0.15) is 16.7 Å². The molecule has 2 aliphatic rings. The third-order valence-electron chi connectivity index (χ3n) is 3.97. The molecule has 114 valence electrons. The SMILES string of the molecule is Cc1ccc2c(c1)C1=NCCN1C(/C=C(\O)c1cccnc1)=N2. The minimum atomic E-state index is 0.152. The number of aromatic nitrogens is 1. The van der Waals surface area contributed by atoms with Crippen molar-refractivity contribution in [1.29, 1.82) is 0 Å². The molecule has 1 N–H and O–H groups in total. The summed E-state index contributed by atoms with van der Waals surface area (Å²) in [4.78, 5) is 15.4. The molecule has 0 atom stereocenters. The van der Waals surface area contributed by atoms with Gasteiger partial charge in [-0.25, -0.2) is 4.99 Å². The van der Waals surface area contributed by atoms with Crippen molar-refractivity contribution in [3.63, 3.8) is 0 Å². The highest BCUT2D eigenvalue weighted by Gasteiger charge is 2.28. The van der Waals surface area contributed by atoms with Crippen LogP contribution in [-0.2, 0) is 0 Å². The van der Waals surface area contributed by atoms with Crippen molar-refractivity contribution in [2.75, 3.05) is 13.1 Å². The summed E-state index contributed by atoms with van der Waals surface area (Å²) in [5.41, 5.74) is 3.80. The fourth-order valence-corrected chi connectivity index (χ4v) is 2.84. The van der Waals surface area contributed by atoms with E-state index in [1.807, 2.05) is 23.1 Å². The Hall–Kier alpha value is -2.95. The van der Waals surface area contributed by atoms with E-state index >= 15 is 0 Å². The zero-order valence-electron chi connectivity index (χ0n) is 12.8. The molecule has 23 heavy (non-hydrogen) atoms. The van der Waals surface area contributed by atoms with Crippen LogP contribution < -0.4 is 0 Å². The number of aryl methyl sites for hydroxylation is 1. The van der Waals surface area contributed by atoms with E-state index in [0.29, 0.717) is 11.4 Å². The molecule has 0 aliphatic carbocycles. The minimum Gasteiger partial charge on any atom is -0.507 e. The van der Waals surface area contributed by atoms with Crippen LogP contribution in [0.15, 0.2) is 58.8 Å². The zero-order valence-corrected chi connectivity index (χ0v) is 12.8. The van der Waals surface area contributed by atoms with Crippen LogP contribution in [0.5, 0.6) is 0 Å². The van der Waals surface area contributed by atoms with Gasteiger partial charge < -0.3 is 10.0 Å². The van der Waals surface area contributed by atoms with Crippen molar-refractivity contribution in [1.82, 2.24) is 9.88 Å². The van der Waals surface area contributed by atoms with Crippen LogP contribution >= 0.6 is 0 Å². The lowest BCUT2D eigenvalue weighted by Gasteiger charge is -2.26. The number of benzene rings is 1. The van der Waals surface area contributed by atoms with Crippen LogP contribution in [0.4, 0.5) is 5.69 Å². The second-order valence-corrected chi connectivity index (χ2v) is 5.62. The zero-order chi connectivity index (χ0) is 15.8. The summed E-state index contributed by atoms with van der Waals surface area (Å²) in [7, 11) is 0. The summed E-state index contributed by atoms with van der Waals surface area (Å²) in [5.74, 6) is 1.79. The topological polar surface area (TPSA) is 61.1 Å². The lowest BCUT2D eigenvalue weighted by atomic mass is 10.1. The predicted molar refractivity (Wildman–Crippen MR) is 91.2 cm³/mol. The maximum Gasteiger partial charge on any atom is 0.138 e. The Bertz CT molecular complexity index is 853. The first-order valence-electron chi connectivity index (χ1n) is 7.55. The third-order valence-corrected chi connectivity index (χ3v) is 3.97. The van der Waals surface area contributed by atoms with E-state index in [4.69, 9.17) is 4.99 Å². The molecule has 0 unspecified atom stereocenters. The number of aliphatic hydroxyl groups is 1. The van der Waals surface area contributed by atoms with Crippen molar-refractivity contribution < 1.29 is 5.11 Å². The number of hydrogen-bond donors (Lipinski definition) is 1. The number of rotatable bonds is 2. The second-order valence-electron chi connectivity index (χ2n) is 5.62. The first-order chi connectivity index (χ1) is 11.2. The van der Waals surface area contributed by atoms with Gasteiger partial charge >= 0.3 is 0 Å². The van der Waals surface area contributed by atoms with Crippen molar-refractivity contribution in [2.45, 2.75) is 6.92 Å². The highest BCUT2D eigenvalue weighted by Crippen LogP contribution is 2.30. The van der Waals surface area contributed by atoms with Gasteiger partial charge in [0.1, 0.15) is 17.4 Å². The molecule has 0 saturated heterocycles. The van der Waals surface area contributed by atoms with Gasteiger partial charge in [-0.3, -0.25) is 9.98 Å². The Morgan fingerprint density at radius 2 is 2.22 bits per heavy atom. The minimum absolute atomic E-state index is 0.152. The number of hydrogen-bond acceptors (Lipinski definition) is 5. The number of aliphatic imine (C=N–C) groups is 2. The van der Waals surface area contributed by atoms with E-state index in [1.54, 1.807) is 24.5 Å². The molecule has 1 aromatic carbocycles. The summed E-state index contributed by atoms with van der Waals surface area (Å²) in [5, 5.41) is 10.4. The number of fused-ring (bicyclic) bond motifs is 3. The van der Waals surface area contributed by atoms with Gasteiger partial charge in [-0.2, -0.15) is 0 Å². The molecule has 0 fully saturated rings. The molecule has 1 aromatic heterocycles. The molecule has 0 bridgehead atoms. The average Bonchev–Trinajstić information content (AvgIpc) is 3.06. The van der Waals surface area contributed by atoms with Crippen LogP contribution in [0.2, 0.25) is 0 Å². The van der Waals surface area contributed by atoms with Gasteiger partial charge in [-0.15, -0.1) is 0 Å². The maximum atomic E-state index is 10.4. The van der Waals surface area contributed by atoms with Gasteiger partial charge in [-0.05, 0) is 31.2 Å². The molecule has 2 aliphatic heterocycles. The van der Waals surface area contributed by atoms with E-state index in [-0.39, 0.29) is 5.76 Å². The molecule has 3 heterocycles. The average molecular weight is 304 g/mol. The number of aliphatic hydroxyl groups excluding tert-OH is 1. The van der Waals surface area contributed by atoms with E-state index in [2.05, 4.69) is 23.0 Å². The summed E-state index contributed by atoms with van der Waals surface area (Å²) in [6.45, 7) is 3.58. The van der Waals surface area contributed by atoms with Gasteiger partial charge in [0.2, 0.25) is 0 Å². The monoisotopic (exact) mass is 304 g/mol. The normalized spacial score (nSPS) is 16.6. The van der Waals surface area contributed by atoms with Gasteiger partial charge in [0.05, 0.1) is 12.2 Å². The maximum absolute atomic E-state index is 10.4. The molecule has 4 rings (SSSR count). The first kappa shape index (κ1) is 13.7. The molecule has 2 aromatic rings. The van der Waals surface area contributed by atoms with E-state index in [0.717, 1.165) is 30.2 Å². The molecule has 5 heteroatoms. The standard InChI is InChI=1S/C18H16N4O/c1-12-4-5-15-14(9-12)18-20-7-8-22(18)17(21-15)10-16(23)13-3-2-6-19-11-13/h2-6,9-11,23H,7-8H2,1H3/b16-10-. The lowest BCUT2D eigenvalue weighted by molar-refractivity contribution is 0.511. The van der Waals surface area contributed by atoms with E-state index in [9.17, 15) is 5.11 Å². The molecule has 0 spiro atoms. The molecule has 5 nitrogen and oxygen atoms in total. The number of pyridine rings is 1. The highest BCUT2D eigenvalue weighted by atomic mass is 16.3. The Morgan fingerprint density at radius 3 is 3.04 bits per heavy atom. The molecule has 0 saturated carbocycles. The Labute approximate surface area is 134 Å². The van der Waals surface area contributed by atoms with Crippen LogP contribution in [0, 0.1) is 6.92 Å².